The van der Waals surface area contributed by atoms with Crippen LogP contribution in [0.25, 0.3) is 0 Å². The van der Waals surface area contributed by atoms with Gasteiger partial charge in [-0.15, -0.1) is 0 Å². The van der Waals surface area contributed by atoms with Crippen LogP contribution in [-0.4, -0.2) is 0 Å². The van der Waals surface area contributed by atoms with E-state index >= 15 is 0 Å². The average Bonchev–Trinajstić information content (AvgIpc) is 2.49. The molecule has 0 radical (unpaired) electrons. The molecule has 122 valence electrons. The summed E-state index contributed by atoms with van der Waals surface area (Å²) in [6, 6.07) is 13.7. The van der Waals surface area contributed by atoms with Crippen LogP contribution in [0.15, 0.2) is 36.4 Å². The molecule has 2 aromatic rings. The first-order chi connectivity index (χ1) is 10.6. The maximum absolute atomic E-state index is 2.34. The van der Waals surface area contributed by atoms with Gasteiger partial charge in [0.1, 0.15) is 0 Å². The average molecular weight is 299 g/mol. The molecule has 2 aromatic carbocycles. The molecule has 0 heteroatoms. The molecular formula is C22H34. The van der Waals surface area contributed by atoms with E-state index in [4.69, 9.17) is 0 Å². The molecule has 0 aromatic heterocycles. The second-order valence-electron chi connectivity index (χ2n) is 5.35. The Morgan fingerprint density at radius 1 is 0.545 bits per heavy atom. The van der Waals surface area contributed by atoms with Crippen molar-refractivity contribution in [2.45, 2.75) is 68.2 Å². The van der Waals surface area contributed by atoms with Crippen LogP contribution in [0.2, 0.25) is 0 Å². The Balaban J connectivity index is 0.00000102. The van der Waals surface area contributed by atoms with Crippen molar-refractivity contribution >= 4 is 0 Å². The molecular weight excluding hydrogens is 264 g/mol. The van der Waals surface area contributed by atoms with Crippen LogP contribution in [0.1, 0.15) is 68.0 Å². The van der Waals surface area contributed by atoms with Crippen molar-refractivity contribution < 1.29 is 0 Å². The SMILES string of the molecule is CC.CC.CCc1cc(C)cc(Cc2cc(C)cc(C)c2)c1. The van der Waals surface area contributed by atoms with Gasteiger partial charge in [-0.2, -0.15) is 0 Å². The van der Waals surface area contributed by atoms with Gasteiger partial charge in [0.15, 0.2) is 0 Å². The smallest absolute Gasteiger partial charge is 0.00254 e. The first-order valence-electron chi connectivity index (χ1n) is 8.73. The van der Waals surface area contributed by atoms with Crippen LogP contribution in [0.5, 0.6) is 0 Å². The third-order valence-corrected chi connectivity index (χ3v) is 3.29. The quantitative estimate of drug-likeness (QED) is 0.583. The normalized spacial score (nSPS) is 9.27. The summed E-state index contributed by atoms with van der Waals surface area (Å²) in [6.45, 7) is 16.7. The summed E-state index contributed by atoms with van der Waals surface area (Å²) in [5, 5.41) is 0. The Labute approximate surface area is 138 Å². The third-order valence-electron chi connectivity index (χ3n) is 3.29. The van der Waals surface area contributed by atoms with Crippen molar-refractivity contribution in [2.75, 3.05) is 0 Å². The van der Waals surface area contributed by atoms with Crippen molar-refractivity contribution in [3.05, 3.63) is 69.8 Å². The van der Waals surface area contributed by atoms with E-state index in [0.717, 1.165) is 12.8 Å². The minimum absolute atomic E-state index is 1.04. The summed E-state index contributed by atoms with van der Waals surface area (Å²) in [6.07, 6.45) is 2.15. The van der Waals surface area contributed by atoms with E-state index in [2.05, 4.69) is 64.1 Å². The molecule has 22 heavy (non-hydrogen) atoms. The van der Waals surface area contributed by atoms with E-state index in [-0.39, 0.29) is 0 Å². The van der Waals surface area contributed by atoms with Crippen molar-refractivity contribution in [3.8, 4) is 0 Å². The Morgan fingerprint density at radius 3 is 1.36 bits per heavy atom. The fraction of sp³-hybridized carbons (Fsp3) is 0.455. The third kappa shape index (κ3) is 6.93. The van der Waals surface area contributed by atoms with E-state index in [1.165, 1.54) is 33.4 Å². The molecule has 0 heterocycles. The van der Waals surface area contributed by atoms with Gasteiger partial charge in [0.25, 0.3) is 0 Å². The molecule has 0 spiro atoms. The Morgan fingerprint density at radius 2 is 0.909 bits per heavy atom. The lowest BCUT2D eigenvalue weighted by molar-refractivity contribution is 1.09. The highest BCUT2D eigenvalue weighted by Gasteiger charge is 2.01. The van der Waals surface area contributed by atoms with Crippen LogP contribution in [0.3, 0.4) is 0 Å². The summed E-state index contributed by atoms with van der Waals surface area (Å²) >= 11 is 0. The van der Waals surface area contributed by atoms with Gasteiger partial charge in [0.05, 0.1) is 0 Å². The van der Waals surface area contributed by atoms with E-state index in [9.17, 15) is 0 Å². The monoisotopic (exact) mass is 298 g/mol. The van der Waals surface area contributed by atoms with E-state index < -0.39 is 0 Å². The molecule has 0 aliphatic heterocycles. The lowest BCUT2D eigenvalue weighted by Crippen LogP contribution is -1.93. The zero-order valence-electron chi connectivity index (χ0n) is 15.9. The molecule has 0 atom stereocenters. The number of hydrogen-bond donors (Lipinski definition) is 0. The highest BCUT2D eigenvalue weighted by molar-refractivity contribution is 5.36. The molecule has 0 aliphatic rings. The fourth-order valence-electron chi connectivity index (χ4n) is 2.66. The predicted octanol–water partition coefficient (Wildman–Crippen LogP) is 6.82. The minimum atomic E-state index is 1.04. The maximum Gasteiger partial charge on any atom is -0.00254 e. The van der Waals surface area contributed by atoms with Gasteiger partial charge in [-0.25, -0.2) is 0 Å². The molecule has 0 bridgehead atoms. The van der Waals surface area contributed by atoms with Crippen LogP contribution in [-0.2, 0) is 12.8 Å². The standard InChI is InChI=1S/C18H22.2C2H6/c1-5-16-7-15(4)10-18(11-16)12-17-8-13(2)6-14(3)9-17;2*1-2/h6-11H,5,12H2,1-4H3;2*1-2H3. The van der Waals surface area contributed by atoms with E-state index in [0.29, 0.717) is 0 Å². The van der Waals surface area contributed by atoms with Gasteiger partial charge in [-0.1, -0.05) is 87.7 Å². The van der Waals surface area contributed by atoms with Crippen LogP contribution in [0.4, 0.5) is 0 Å². The topological polar surface area (TPSA) is 0 Å². The highest BCUT2D eigenvalue weighted by atomic mass is 14.1. The van der Waals surface area contributed by atoms with E-state index in [1.807, 2.05) is 27.7 Å². The fourth-order valence-corrected chi connectivity index (χ4v) is 2.66. The molecule has 0 N–H and O–H groups in total. The van der Waals surface area contributed by atoms with Gasteiger partial charge in [-0.05, 0) is 50.3 Å². The van der Waals surface area contributed by atoms with Gasteiger partial charge >= 0.3 is 0 Å². The molecule has 0 aliphatic carbocycles. The van der Waals surface area contributed by atoms with Crippen molar-refractivity contribution in [1.82, 2.24) is 0 Å². The predicted molar refractivity (Wildman–Crippen MR) is 102 cm³/mol. The van der Waals surface area contributed by atoms with Crippen molar-refractivity contribution in [1.29, 1.82) is 0 Å². The van der Waals surface area contributed by atoms with Crippen LogP contribution in [0, 0.1) is 20.8 Å². The number of rotatable bonds is 3. The summed E-state index contributed by atoms with van der Waals surface area (Å²) in [7, 11) is 0. The Kier molecular flexibility index (Phi) is 10.3. The van der Waals surface area contributed by atoms with Gasteiger partial charge in [0, 0.05) is 0 Å². The summed E-state index contributed by atoms with van der Waals surface area (Å²) in [5.74, 6) is 0. The molecule has 2 rings (SSSR count). The van der Waals surface area contributed by atoms with Crippen molar-refractivity contribution in [3.63, 3.8) is 0 Å². The molecule has 0 saturated carbocycles. The number of aryl methyl sites for hydroxylation is 4. The second-order valence-corrected chi connectivity index (χ2v) is 5.35. The Hall–Kier alpha value is -1.56. The summed E-state index contributed by atoms with van der Waals surface area (Å²) in [4.78, 5) is 0. The second kappa shape index (κ2) is 11.1. The molecule has 0 fully saturated rings. The van der Waals surface area contributed by atoms with Gasteiger partial charge in [0.2, 0.25) is 0 Å². The van der Waals surface area contributed by atoms with Gasteiger partial charge in [-0.3, -0.25) is 0 Å². The minimum Gasteiger partial charge on any atom is -0.0683 e. The molecule has 0 nitrogen and oxygen atoms in total. The van der Waals surface area contributed by atoms with Crippen LogP contribution >= 0.6 is 0 Å². The lowest BCUT2D eigenvalue weighted by Gasteiger charge is -2.08. The Bertz CT molecular complexity index is 530. The number of benzene rings is 2. The first-order valence-corrected chi connectivity index (χ1v) is 8.73. The zero-order chi connectivity index (χ0) is 17.1. The molecule has 0 saturated heterocycles. The lowest BCUT2D eigenvalue weighted by atomic mass is 9.97. The van der Waals surface area contributed by atoms with Crippen molar-refractivity contribution in [2.24, 2.45) is 0 Å². The summed E-state index contributed by atoms with van der Waals surface area (Å²) < 4.78 is 0. The molecule has 0 unspecified atom stereocenters. The largest absolute Gasteiger partial charge is 0.0683 e. The number of hydrogen-bond acceptors (Lipinski definition) is 0. The summed E-state index contributed by atoms with van der Waals surface area (Å²) in [5.41, 5.74) is 8.36. The highest BCUT2D eigenvalue weighted by Crippen LogP contribution is 2.17. The van der Waals surface area contributed by atoms with Gasteiger partial charge < -0.3 is 0 Å². The maximum atomic E-state index is 2.34. The van der Waals surface area contributed by atoms with E-state index in [1.54, 1.807) is 0 Å². The molecule has 0 amide bonds. The first kappa shape index (κ1) is 20.4. The van der Waals surface area contributed by atoms with Crippen LogP contribution < -0.4 is 0 Å². The zero-order valence-corrected chi connectivity index (χ0v) is 15.9.